The molecule has 0 radical (unpaired) electrons. The number of carbonyl (C=O) groups is 1. The maximum Gasteiger partial charge on any atom is 0.241 e. The largest absolute Gasteiger partial charge is 0.347 e. The van der Waals surface area contributed by atoms with Crippen molar-refractivity contribution in [1.29, 1.82) is 0 Å². The van der Waals surface area contributed by atoms with Crippen LogP contribution in [0.5, 0.6) is 0 Å². The molecular formula is C15H23N5O. The van der Waals surface area contributed by atoms with Crippen LogP contribution in [-0.2, 0) is 11.3 Å². The Labute approximate surface area is 125 Å². The van der Waals surface area contributed by atoms with Gasteiger partial charge in [-0.15, -0.1) is 0 Å². The summed E-state index contributed by atoms with van der Waals surface area (Å²) in [6.45, 7) is 3.81. The van der Waals surface area contributed by atoms with E-state index in [1.807, 2.05) is 43.3 Å². The molecule has 114 valence electrons. The van der Waals surface area contributed by atoms with Crippen LogP contribution in [0, 0.1) is 0 Å². The Kier molecular flexibility index (Phi) is 4.80. The molecule has 1 amide bonds. The molecule has 2 aromatic heterocycles. The second-order valence-electron chi connectivity index (χ2n) is 5.14. The van der Waals surface area contributed by atoms with E-state index in [0.29, 0.717) is 13.1 Å². The molecule has 0 aliphatic carbocycles. The van der Waals surface area contributed by atoms with Gasteiger partial charge in [0, 0.05) is 33.4 Å². The smallest absolute Gasteiger partial charge is 0.241 e. The first-order chi connectivity index (χ1) is 10.1. The highest BCUT2D eigenvalue weighted by molar-refractivity contribution is 5.81. The van der Waals surface area contributed by atoms with Gasteiger partial charge in [0.25, 0.3) is 0 Å². The van der Waals surface area contributed by atoms with E-state index in [9.17, 15) is 4.79 Å². The Morgan fingerprint density at radius 2 is 2.14 bits per heavy atom. The zero-order valence-electron chi connectivity index (χ0n) is 13.1. The number of hydrogen-bond donors (Lipinski definition) is 1. The Morgan fingerprint density at radius 3 is 2.76 bits per heavy atom. The fraction of sp³-hybridized carbons (Fsp3) is 0.467. The number of likely N-dealkylation sites (N-methyl/N-ethyl adjacent to an activating group) is 2. The van der Waals surface area contributed by atoms with Crippen LogP contribution in [0.3, 0.4) is 0 Å². The minimum atomic E-state index is 0.0734. The van der Waals surface area contributed by atoms with Crippen molar-refractivity contribution < 1.29 is 4.79 Å². The van der Waals surface area contributed by atoms with Crippen LogP contribution >= 0.6 is 0 Å². The minimum Gasteiger partial charge on any atom is -0.347 e. The maximum atomic E-state index is 12.0. The highest BCUT2D eigenvalue weighted by Gasteiger charge is 2.19. The van der Waals surface area contributed by atoms with Gasteiger partial charge in [-0.2, -0.15) is 0 Å². The van der Waals surface area contributed by atoms with Crippen LogP contribution in [0.4, 0.5) is 5.82 Å². The number of rotatable bonds is 6. The maximum absolute atomic E-state index is 12.0. The number of anilines is 1. The Hall–Kier alpha value is -2.08. The first-order valence-electron chi connectivity index (χ1n) is 7.14. The average Bonchev–Trinajstić information content (AvgIpc) is 2.83. The van der Waals surface area contributed by atoms with Gasteiger partial charge in [0.1, 0.15) is 5.65 Å². The molecule has 0 aliphatic rings. The summed E-state index contributed by atoms with van der Waals surface area (Å²) in [7, 11) is 5.45. The minimum absolute atomic E-state index is 0.0734. The van der Waals surface area contributed by atoms with Crippen LogP contribution in [-0.4, -0.2) is 54.4 Å². The summed E-state index contributed by atoms with van der Waals surface area (Å²) in [5.41, 5.74) is 1.97. The van der Waals surface area contributed by atoms with Crippen molar-refractivity contribution in [3.05, 3.63) is 30.1 Å². The zero-order chi connectivity index (χ0) is 15.4. The van der Waals surface area contributed by atoms with Gasteiger partial charge in [-0.25, -0.2) is 4.98 Å². The normalized spacial score (nSPS) is 10.9. The monoisotopic (exact) mass is 289 g/mol. The highest BCUT2D eigenvalue weighted by Crippen LogP contribution is 2.21. The number of aromatic nitrogens is 2. The van der Waals surface area contributed by atoms with E-state index in [4.69, 9.17) is 4.98 Å². The van der Waals surface area contributed by atoms with Crippen molar-refractivity contribution in [2.75, 3.05) is 39.1 Å². The molecule has 0 atom stereocenters. The number of fused-ring (bicyclic) bond motifs is 1. The van der Waals surface area contributed by atoms with E-state index >= 15 is 0 Å². The van der Waals surface area contributed by atoms with Gasteiger partial charge in [-0.05, 0) is 26.1 Å². The zero-order valence-corrected chi connectivity index (χ0v) is 13.1. The van der Waals surface area contributed by atoms with Crippen LogP contribution < -0.4 is 10.2 Å². The predicted molar refractivity (Wildman–Crippen MR) is 84.5 cm³/mol. The summed E-state index contributed by atoms with van der Waals surface area (Å²) in [4.78, 5) is 20.3. The van der Waals surface area contributed by atoms with Gasteiger partial charge in [0.2, 0.25) is 5.91 Å². The van der Waals surface area contributed by atoms with E-state index in [1.54, 1.807) is 19.0 Å². The number of nitrogens with one attached hydrogen (secondary N) is 1. The van der Waals surface area contributed by atoms with Crippen LogP contribution in [0.25, 0.3) is 5.65 Å². The molecule has 2 aromatic rings. The van der Waals surface area contributed by atoms with Crippen molar-refractivity contribution in [2.24, 2.45) is 0 Å². The number of amides is 1. The Balaban J connectivity index is 2.42. The number of nitrogens with zero attached hydrogens (tertiary/aromatic N) is 4. The molecular weight excluding hydrogens is 266 g/mol. The summed E-state index contributed by atoms with van der Waals surface area (Å²) < 4.78 is 2.06. The Morgan fingerprint density at radius 1 is 1.38 bits per heavy atom. The van der Waals surface area contributed by atoms with E-state index in [1.165, 1.54) is 0 Å². The lowest BCUT2D eigenvalue weighted by atomic mass is 10.3. The van der Waals surface area contributed by atoms with Crippen LogP contribution in [0.2, 0.25) is 0 Å². The molecule has 2 rings (SSSR count). The fourth-order valence-corrected chi connectivity index (χ4v) is 2.26. The third kappa shape index (κ3) is 3.16. The van der Waals surface area contributed by atoms with Gasteiger partial charge >= 0.3 is 0 Å². The van der Waals surface area contributed by atoms with Crippen molar-refractivity contribution in [1.82, 2.24) is 19.6 Å². The number of pyridine rings is 1. The summed E-state index contributed by atoms with van der Waals surface area (Å²) in [6, 6.07) is 5.93. The lowest BCUT2D eigenvalue weighted by Gasteiger charge is -2.23. The predicted octanol–water partition coefficient (Wildman–Crippen LogP) is 0.968. The second-order valence-corrected chi connectivity index (χ2v) is 5.14. The lowest BCUT2D eigenvalue weighted by molar-refractivity contribution is -0.127. The van der Waals surface area contributed by atoms with Crippen LogP contribution in [0.15, 0.2) is 24.4 Å². The van der Waals surface area contributed by atoms with Gasteiger partial charge in [0.05, 0.1) is 12.2 Å². The third-order valence-corrected chi connectivity index (χ3v) is 3.46. The molecule has 0 saturated carbocycles. The lowest BCUT2D eigenvalue weighted by Crippen LogP contribution is -2.37. The molecule has 0 spiro atoms. The van der Waals surface area contributed by atoms with Crippen molar-refractivity contribution in [3.8, 4) is 0 Å². The third-order valence-electron chi connectivity index (χ3n) is 3.46. The SMILES string of the molecule is CCN(CC(=O)N(C)C)c1nc2ccccn2c1CNC. The first kappa shape index (κ1) is 15.3. The number of imidazole rings is 1. The molecule has 0 unspecified atom stereocenters. The molecule has 1 N–H and O–H groups in total. The van der Waals surface area contributed by atoms with E-state index in [-0.39, 0.29) is 5.91 Å². The van der Waals surface area contributed by atoms with Gasteiger partial charge in [0.15, 0.2) is 5.82 Å². The van der Waals surface area contributed by atoms with E-state index < -0.39 is 0 Å². The fourth-order valence-electron chi connectivity index (χ4n) is 2.26. The highest BCUT2D eigenvalue weighted by atomic mass is 16.2. The topological polar surface area (TPSA) is 52.9 Å². The summed E-state index contributed by atoms with van der Waals surface area (Å²) in [6.07, 6.45) is 2.00. The average molecular weight is 289 g/mol. The van der Waals surface area contributed by atoms with E-state index in [0.717, 1.165) is 23.7 Å². The molecule has 6 heteroatoms. The van der Waals surface area contributed by atoms with E-state index in [2.05, 4.69) is 9.72 Å². The molecule has 21 heavy (non-hydrogen) atoms. The van der Waals surface area contributed by atoms with Crippen LogP contribution in [0.1, 0.15) is 12.6 Å². The molecule has 0 saturated heterocycles. The van der Waals surface area contributed by atoms with Gasteiger partial charge in [-0.3, -0.25) is 4.79 Å². The second kappa shape index (κ2) is 6.58. The first-order valence-corrected chi connectivity index (χ1v) is 7.14. The summed E-state index contributed by atoms with van der Waals surface area (Å²) in [5, 5.41) is 3.17. The molecule has 0 aliphatic heterocycles. The molecule has 0 aromatic carbocycles. The summed E-state index contributed by atoms with van der Waals surface area (Å²) >= 11 is 0. The van der Waals surface area contributed by atoms with Gasteiger partial charge in [-0.1, -0.05) is 6.07 Å². The standard InChI is InChI=1S/C15H23N5O/c1-5-19(11-14(21)18(3)4)15-12(10-16-2)20-9-7-6-8-13(20)17-15/h6-9,16H,5,10-11H2,1-4H3. The Bertz CT molecular complexity index is 620. The molecule has 0 fully saturated rings. The molecule has 2 heterocycles. The summed E-state index contributed by atoms with van der Waals surface area (Å²) in [5.74, 6) is 0.942. The quantitative estimate of drug-likeness (QED) is 0.861. The number of hydrogen-bond acceptors (Lipinski definition) is 4. The van der Waals surface area contributed by atoms with Gasteiger partial charge < -0.3 is 19.5 Å². The van der Waals surface area contributed by atoms with Crippen molar-refractivity contribution in [2.45, 2.75) is 13.5 Å². The molecule has 0 bridgehead atoms. The number of carbonyl (C=O) groups excluding carboxylic acids is 1. The van der Waals surface area contributed by atoms with Crippen molar-refractivity contribution in [3.63, 3.8) is 0 Å². The molecule has 6 nitrogen and oxygen atoms in total. The van der Waals surface area contributed by atoms with Crippen molar-refractivity contribution >= 4 is 17.4 Å².